The lowest BCUT2D eigenvalue weighted by molar-refractivity contribution is 0.271. The second-order valence-corrected chi connectivity index (χ2v) is 5.11. The van der Waals surface area contributed by atoms with Gasteiger partial charge in [-0.25, -0.2) is 0 Å². The molecular weight excluding hydrogens is 158 g/mol. The average molecular weight is 183 g/mol. The minimum Gasteiger partial charge on any atom is -0.303 e. The van der Waals surface area contributed by atoms with Crippen molar-refractivity contribution in [1.82, 2.24) is 4.90 Å². The van der Waals surface area contributed by atoms with Crippen LogP contribution in [0.25, 0.3) is 0 Å². The molecule has 78 valence electrons. The smallest absolute Gasteiger partial charge is 0.00978 e. The van der Waals surface area contributed by atoms with Gasteiger partial charge in [0.25, 0.3) is 0 Å². The van der Waals surface area contributed by atoms with Gasteiger partial charge in [0.1, 0.15) is 0 Å². The Kier molecular flexibility index (Phi) is 4.24. The van der Waals surface area contributed by atoms with E-state index < -0.39 is 0 Å². The Balaban J connectivity index is 2.32. The highest BCUT2D eigenvalue weighted by molar-refractivity contribution is 4.83. The first-order valence-electron chi connectivity index (χ1n) is 5.83. The monoisotopic (exact) mass is 183 g/mol. The lowest BCUT2D eigenvalue weighted by Crippen LogP contribution is -2.26. The summed E-state index contributed by atoms with van der Waals surface area (Å²) >= 11 is 0. The van der Waals surface area contributed by atoms with Crippen LogP contribution in [-0.2, 0) is 0 Å². The van der Waals surface area contributed by atoms with Gasteiger partial charge in [-0.3, -0.25) is 0 Å². The van der Waals surface area contributed by atoms with Crippen LogP contribution in [0.4, 0.5) is 0 Å². The zero-order valence-corrected chi connectivity index (χ0v) is 9.71. The number of hydrogen-bond donors (Lipinski definition) is 0. The Morgan fingerprint density at radius 2 is 2.08 bits per heavy atom. The highest BCUT2D eigenvalue weighted by atomic mass is 15.2. The van der Waals surface area contributed by atoms with E-state index in [1.165, 1.54) is 32.2 Å². The number of hydrogen-bond acceptors (Lipinski definition) is 1. The summed E-state index contributed by atoms with van der Waals surface area (Å²) in [5.74, 6) is 1.84. The van der Waals surface area contributed by atoms with Crippen molar-refractivity contribution < 1.29 is 0 Å². The largest absolute Gasteiger partial charge is 0.303 e. The molecule has 1 aliphatic rings. The quantitative estimate of drug-likeness (QED) is 0.647. The molecule has 1 rings (SSSR count). The van der Waals surface area contributed by atoms with E-state index in [0.29, 0.717) is 0 Å². The molecule has 2 atom stereocenters. The first-order valence-corrected chi connectivity index (χ1v) is 5.83. The standard InChI is InChI=1S/C12H25N/c1-5-6-11-8-12(7-10(2)3)13(4)9-11/h10-12H,5-9H2,1-4H3. The van der Waals surface area contributed by atoms with Crippen molar-refractivity contribution in [2.24, 2.45) is 11.8 Å². The molecule has 0 aliphatic carbocycles. The van der Waals surface area contributed by atoms with Crippen LogP contribution in [0.5, 0.6) is 0 Å². The van der Waals surface area contributed by atoms with Crippen molar-refractivity contribution in [1.29, 1.82) is 0 Å². The molecule has 1 heterocycles. The molecule has 0 saturated carbocycles. The van der Waals surface area contributed by atoms with Crippen LogP contribution in [0.15, 0.2) is 0 Å². The third-order valence-electron chi connectivity index (χ3n) is 3.22. The third-order valence-corrected chi connectivity index (χ3v) is 3.22. The summed E-state index contributed by atoms with van der Waals surface area (Å²) in [6.07, 6.45) is 5.62. The van der Waals surface area contributed by atoms with E-state index in [1.807, 2.05) is 0 Å². The molecule has 0 spiro atoms. The predicted octanol–water partition coefficient (Wildman–Crippen LogP) is 3.15. The van der Waals surface area contributed by atoms with Gasteiger partial charge in [0.05, 0.1) is 0 Å². The maximum absolute atomic E-state index is 2.57. The number of nitrogens with zero attached hydrogens (tertiary/aromatic N) is 1. The van der Waals surface area contributed by atoms with Crippen LogP contribution in [0, 0.1) is 11.8 Å². The second-order valence-electron chi connectivity index (χ2n) is 5.11. The molecule has 0 aromatic carbocycles. The van der Waals surface area contributed by atoms with E-state index in [0.717, 1.165) is 17.9 Å². The molecule has 0 amide bonds. The van der Waals surface area contributed by atoms with Crippen molar-refractivity contribution in [2.45, 2.75) is 52.5 Å². The van der Waals surface area contributed by atoms with Crippen LogP contribution in [-0.4, -0.2) is 24.5 Å². The molecule has 0 radical (unpaired) electrons. The summed E-state index contributed by atoms with van der Waals surface area (Å²) in [7, 11) is 2.29. The van der Waals surface area contributed by atoms with Gasteiger partial charge in [-0.2, -0.15) is 0 Å². The average Bonchev–Trinajstić information content (AvgIpc) is 2.31. The van der Waals surface area contributed by atoms with Crippen LogP contribution < -0.4 is 0 Å². The Hall–Kier alpha value is -0.0400. The van der Waals surface area contributed by atoms with E-state index in [4.69, 9.17) is 0 Å². The van der Waals surface area contributed by atoms with Crippen molar-refractivity contribution in [3.05, 3.63) is 0 Å². The lowest BCUT2D eigenvalue weighted by atomic mass is 9.96. The Morgan fingerprint density at radius 1 is 1.38 bits per heavy atom. The molecule has 1 nitrogen and oxygen atoms in total. The van der Waals surface area contributed by atoms with Crippen LogP contribution in [0.1, 0.15) is 46.5 Å². The fourth-order valence-electron chi connectivity index (χ4n) is 2.63. The summed E-state index contributed by atoms with van der Waals surface area (Å²) in [5.41, 5.74) is 0. The summed E-state index contributed by atoms with van der Waals surface area (Å²) in [6, 6.07) is 0.872. The zero-order chi connectivity index (χ0) is 9.84. The molecular formula is C12H25N. The van der Waals surface area contributed by atoms with Crippen molar-refractivity contribution in [2.75, 3.05) is 13.6 Å². The highest BCUT2D eigenvalue weighted by Crippen LogP contribution is 2.28. The van der Waals surface area contributed by atoms with Gasteiger partial charge in [0.15, 0.2) is 0 Å². The molecule has 1 aliphatic heterocycles. The molecule has 2 unspecified atom stereocenters. The van der Waals surface area contributed by atoms with Gasteiger partial charge in [-0.15, -0.1) is 0 Å². The maximum Gasteiger partial charge on any atom is 0.00978 e. The summed E-state index contributed by atoms with van der Waals surface area (Å²) in [6.45, 7) is 8.31. The molecule has 0 N–H and O–H groups in total. The molecule has 13 heavy (non-hydrogen) atoms. The Labute approximate surface area is 83.5 Å². The molecule has 1 fully saturated rings. The van der Waals surface area contributed by atoms with Crippen LogP contribution >= 0.6 is 0 Å². The van der Waals surface area contributed by atoms with E-state index >= 15 is 0 Å². The first kappa shape index (κ1) is 11.0. The van der Waals surface area contributed by atoms with E-state index in [-0.39, 0.29) is 0 Å². The maximum atomic E-state index is 2.57. The Morgan fingerprint density at radius 3 is 2.62 bits per heavy atom. The number of likely N-dealkylation sites (tertiary alicyclic amines) is 1. The van der Waals surface area contributed by atoms with Gasteiger partial charge in [0.2, 0.25) is 0 Å². The SMILES string of the molecule is CCCC1CC(CC(C)C)N(C)C1. The fraction of sp³-hybridized carbons (Fsp3) is 1.00. The topological polar surface area (TPSA) is 3.24 Å². The zero-order valence-electron chi connectivity index (χ0n) is 9.71. The summed E-state index contributed by atoms with van der Waals surface area (Å²) in [5, 5.41) is 0. The minimum absolute atomic E-state index is 0.854. The van der Waals surface area contributed by atoms with Gasteiger partial charge >= 0.3 is 0 Å². The fourth-order valence-corrected chi connectivity index (χ4v) is 2.63. The third kappa shape index (κ3) is 3.30. The van der Waals surface area contributed by atoms with E-state index in [2.05, 4.69) is 32.7 Å². The van der Waals surface area contributed by atoms with Crippen molar-refractivity contribution in [3.63, 3.8) is 0 Å². The Bertz CT molecular complexity index is 142. The van der Waals surface area contributed by atoms with Crippen LogP contribution in [0.2, 0.25) is 0 Å². The highest BCUT2D eigenvalue weighted by Gasteiger charge is 2.28. The van der Waals surface area contributed by atoms with E-state index in [9.17, 15) is 0 Å². The van der Waals surface area contributed by atoms with Gasteiger partial charge in [0, 0.05) is 12.6 Å². The van der Waals surface area contributed by atoms with Crippen LogP contribution in [0.3, 0.4) is 0 Å². The molecule has 0 aromatic heterocycles. The van der Waals surface area contributed by atoms with Gasteiger partial charge < -0.3 is 4.90 Å². The molecule has 1 saturated heterocycles. The van der Waals surface area contributed by atoms with Crippen molar-refractivity contribution in [3.8, 4) is 0 Å². The lowest BCUT2D eigenvalue weighted by Gasteiger charge is -2.20. The summed E-state index contributed by atoms with van der Waals surface area (Å²) < 4.78 is 0. The van der Waals surface area contributed by atoms with Gasteiger partial charge in [-0.05, 0) is 38.1 Å². The second kappa shape index (κ2) is 4.99. The van der Waals surface area contributed by atoms with Gasteiger partial charge in [-0.1, -0.05) is 27.2 Å². The predicted molar refractivity (Wildman–Crippen MR) is 58.9 cm³/mol. The molecule has 0 bridgehead atoms. The van der Waals surface area contributed by atoms with E-state index in [1.54, 1.807) is 0 Å². The minimum atomic E-state index is 0.854. The number of rotatable bonds is 4. The molecule has 1 heteroatoms. The van der Waals surface area contributed by atoms with Crippen molar-refractivity contribution >= 4 is 0 Å². The first-order chi connectivity index (χ1) is 6.13. The molecule has 0 aromatic rings. The normalized spacial score (nSPS) is 30.2. The summed E-state index contributed by atoms with van der Waals surface area (Å²) in [4.78, 5) is 2.57.